The largest absolute Gasteiger partial charge is 0.484 e. The number of carbonyl (C=O) groups excluding carboxylic acids is 2. The number of nitrogen functional groups attached to an aromatic ring is 1. The molecule has 0 unspecified atom stereocenters. The normalized spacial score (nSPS) is 9.38. The van der Waals surface area contributed by atoms with Gasteiger partial charge >= 0.3 is 0 Å². The second-order valence-electron chi connectivity index (χ2n) is 2.82. The van der Waals surface area contributed by atoms with E-state index in [-0.39, 0.29) is 6.61 Å². The zero-order valence-electron chi connectivity index (χ0n) is 8.27. The summed E-state index contributed by atoms with van der Waals surface area (Å²) in [6.07, 6.45) is 0. The fourth-order valence-corrected chi connectivity index (χ4v) is 0.967. The van der Waals surface area contributed by atoms with Gasteiger partial charge < -0.3 is 4.74 Å². The summed E-state index contributed by atoms with van der Waals surface area (Å²) in [6, 6.07) is 6.01. The first-order valence-electron chi connectivity index (χ1n) is 4.34. The lowest BCUT2D eigenvalue weighted by Gasteiger charge is -2.05. The predicted molar refractivity (Wildman–Crippen MR) is 53.5 cm³/mol. The molecule has 0 bridgehead atoms. The van der Waals surface area contributed by atoms with Gasteiger partial charge in [0.15, 0.2) is 6.61 Å². The quantitative estimate of drug-likeness (QED) is 0.231. The molecule has 0 aromatic heterocycles. The molecule has 0 saturated heterocycles. The number of benzene rings is 1. The highest BCUT2D eigenvalue weighted by molar-refractivity contribution is 5.93. The van der Waals surface area contributed by atoms with E-state index in [2.05, 4.69) is 0 Å². The monoisotopic (exact) mass is 225 g/mol. The van der Waals surface area contributed by atoms with E-state index in [0.29, 0.717) is 11.3 Å². The highest BCUT2D eigenvalue weighted by atomic mass is 16.5. The third-order valence-electron chi connectivity index (χ3n) is 1.74. The molecule has 2 amide bonds. The molecule has 0 heterocycles. The molecule has 0 saturated carbocycles. The van der Waals surface area contributed by atoms with Crippen LogP contribution in [0.3, 0.4) is 0 Å². The van der Waals surface area contributed by atoms with Crippen LogP contribution in [0.15, 0.2) is 24.3 Å². The molecule has 5 N–H and O–H groups in total. The van der Waals surface area contributed by atoms with Crippen molar-refractivity contribution in [2.45, 2.75) is 0 Å². The minimum absolute atomic E-state index is 0.307. The summed E-state index contributed by atoms with van der Waals surface area (Å²) in [5.74, 6) is 4.27. The first-order valence-corrected chi connectivity index (χ1v) is 4.34. The Kier molecular flexibility index (Phi) is 4.25. The van der Waals surface area contributed by atoms with E-state index in [1.807, 2.05) is 5.43 Å². The van der Waals surface area contributed by atoms with Crippen molar-refractivity contribution in [1.29, 1.82) is 0 Å². The van der Waals surface area contributed by atoms with Gasteiger partial charge in [0.2, 0.25) is 0 Å². The van der Waals surface area contributed by atoms with Gasteiger partial charge in [0.1, 0.15) is 5.75 Å². The summed E-state index contributed by atoms with van der Waals surface area (Å²) in [5, 5.41) is 8.22. The second kappa shape index (κ2) is 5.69. The number of hydrazine groups is 1. The lowest BCUT2D eigenvalue weighted by atomic mass is 10.2. The third kappa shape index (κ3) is 3.23. The Morgan fingerprint density at radius 1 is 1.31 bits per heavy atom. The van der Waals surface area contributed by atoms with Crippen LogP contribution in [0, 0.1) is 0 Å². The molecule has 7 nitrogen and oxygen atoms in total. The van der Waals surface area contributed by atoms with Crippen molar-refractivity contribution in [3.8, 4) is 5.75 Å². The standard InChI is InChI=1S/C9H11N3O4/c10-11-9(14)6-1-3-7(4-2-6)16-5-8(13)12-15/h1-4,15H,5,10H2,(H,11,14)(H,12,13). The van der Waals surface area contributed by atoms with Crippen molar-refractivity contribution < 1.29 is 19.5 Å². The van der Waals surface area contributed by atoms with Crippen LogP contribution >= 0.6 is 0 Å². The van der Waals surface area contributed by atoms with Crippen LogP contribution in [0.5, 0.6) is 5.75 Å². The molecule has 0 fully saturated rings. The van der Waals surface area contributed by atoms with Gasteiger partial charge in [-0.15, -0.1) is 0 Å². The van der Waals surface area contributed by atoms with Gasteiger partial charge in [-0.1, -0.05) is 0 Å². The average molecular weight is 225 g/mol. The number of hydroxylamine groups is 1. The van der Waals surface area contributed by atoms with E-state index in [0.717, 1.165) is 0 Å². The van der Waals surface area contributed by atoms with Crippen LogP contribution in [0.2, 0.25) is 0 Å². The highest BCUT2D eigenvalue weighted by Gasteiger charge is 2.04. The number of carbonyl (C=O) groups is 2. The van der Waals surface area contributed by atoms with Crippen LogP contribution in [0.4, 0.5) is 0 Å². The molecule has 7 heteroatoms. The van der Waals surface area contributed by atoms with Crippen LogP contribution in [-0.2, 0) is 4.79 Å². The van der Waals surface area contributed by atoms with E-state index < -0.39 is 11.8 Å². The Labute approximate surface area is 91.1 Å². The average Bonchev–Trinajstić information content (AvgIpc) is 2.35. The van der Waals surface area contributed by atoms with E-state index in [1.165, 1.54) is 29.7 Å². The maximum atomic E-state index is 11.1. The Morgan fingerprint density at radius 2 is 1.94 bits per heavy atom. The molecule has 16 heavy (non-hydrogen) atoms. The molecule has 1 aromatic rings. The van der Waals surface area contributed by atoms with Gasteiger partial charge in [0, 0.05) is 5.56 Å². The first-order chi connectivity index (χ1) is 7.67. The predicted octanol–water partition coefficient (Wildman–Crippen LogP) is -0.826. The van der Waals surface area contributed by atoms with Gasteiger partial charge in [-0.05, 0) is 24.3 Å². The molecule has 0 aliphatic heterocycles. The molecular formula is C9H11N3O4. The van der Waals surface area contributed by atoms with Gasteiger partial charge in [-0.25, -0.2) is 11.3 Å². The Morgan fingerprint density at radius 3 is 2.44 bits per heavy atom. The van der Waals surface area contributed by atoms with Gasteiger partial charge in [-0.3, -0.25) is 20.2 Å². The SMILES string of the molecule is NNC(=O)c1ccc(OCC(=O)NO)cc1. The maximum Gasteiger partial charge on any atom is 0.281 e. The van der Waals surface area contributed by atoms with Gasteiger partial charge in [-0.2, -0.15) is 0 Å². The first kappa shape index (κ1) is 12.0. The zero-order chi connectivity index (χ0) is 12.0. The minimum atomic E-state index is -0.663. The van der Waals surface area contributed by atoms with Crippen molar-refractivity contribution >= 4 is 11.8 Å². The summed E-state index contributed by atoms with van der Waals surface area (Å²) in [7, 11) is 0. The fourth-order valence-electron chi connectivity index (χ4n) is 0.967. The smallest absolute Gasteiger partial charge is 0.281 e. The van der Waals surface area contributed by atoms with E-state index in [4.69, 9.17) is 15.8 Å². The maximum absolute atomic E-state index is 11.1. The zero-order valence-corrected chi connectivity index (χ0v) is 8.27. The summed E-state index contributed by atoms with van der Waals surface area (Å²) in [4.78, 5) is 21.7. The number of hydrogen-bond acceptors (Lipinski definition) is 5. The van der Waals surface area contributed by atoms with Crippen LogP contribution in [0.25, 0.3) is 0 Å². The van der Waals surface area contributed by atoms with E-state index >= 15 is 0 Å². The third-order valence-corrected chi connectivity index (χ3v) is 1.74. The molecule has 0 radical (unpaired) electrons. The lowest BCUT2D eigenvalue weighted by Crippen LogP contribution is -2.29. The van der Waals surface area contributed by atoms with Crippen molar-refractivity contribution in [3.63, 3.8) is 0 Å². The van der Waals surface area contributed by atoms with Crippen molar-refractivity contribution in [3.05, 3.63) is 29.8 Å². The van der Waals surface area contributed by atoms with Gasteiger partial charge in [0.05, 0.1) is 0 Å². The van der Waals surface area contributed by atoms with Crippen LogP contribution in [0.1, 0.15) is 10.4 Å². The van der Waals surface area contributed by atoms with E-state index in [9.17, 15) is 9.59 Å². The number of nitrogens with two attached hydrogens (primary N) is 1. The van der Waals surface area contributed by atoms with Crippen molar-refractivity contribution in [2.75, 3.05) is 6.61 Å². The summed E-state index contributed by atoms with van der Waals surface area (Å²) in [6.45, 7) is -0.307. The number of amides is 2. The van der Waals surface area contributed by atoms with Crippen LogP contribution in [-0.4, -0.2) is 23.6 Å². The Bertz CT molecular complexity index is 377. The molecule has 86 valence electrons. The van der Waals surface area contributed by atoms with Gasteiger partial charge in [0.25, 0.3) is 11.8 Å². The Balaban J connectivity index is 2.58. The summed E-state index contributed by atoms with van der Waals surface area (Å²) >= 11 is 0. The summed E-state index contributed by atoms with van der Waals surface area (Å²) < 4.78 is 4.99. The number of rotatable bonds is 4. The van der Waals surface area contributed by atoms with E-state index in [1.54, 1.807) is 0 Å². The molecule has 1 aromatic carbocycles. The number of hydrogen-bond donors (Lipinski definition) is 4. The minimum Gasteiger partial charge on any atom is -0.484 e. The molecule has 0 aliphatic carbocycles. The second-order valence-corrected chi connectivity index (χ2v) is 2.82. The number of nitrogens with one attached hydrogen (secondary N) is 2. The molecule has 0 spiro atoms. The topological polar surface area (TPSA) is 114 Å². The molecule has 1 rings (SSSR count). The molecule has 0 atom stereocenters. The van der Waals surface area contributed by atoms with Crippen molar-refractivity contribution in [2.24, 2.45) is 5.84 Å². The molecule has 0 aliphatic rings. The van der Waals surface area contributed by atoms with Crippen LogP contribution < -0.4 is 21.5 Å². The lowest BCUT2D eigenvalue weighted by molar-refractivity contribution is -0.131. The van der Waals surface area contributed by atoms with Crippen molar-refractivity contribution in [1.82, 2.24) is 10.9 Å². The number of ether oxygens (including phenoxy) is 1. The highest BCUT2D eigenvalue weighted by Crippen LogP contribution is 2.11. The fraction of sp³-hybridized carbons (Fsp3) is 0.111. The summed E-state index contributed by atoms with van der Waals surface area (Å²) in [5.41, 5.74) is 3.79. The molecular weight excluding hydrogens is 214 g/mol. The Hall–Kier alpha value is -2.12.